The zero-order valence-corrected chi connectivity index (χ0v) is 41.2. The van der Waals surface area contributed by atoms with Crippen molar-refractivity contribution in [1.82, 2.24) is 0 Å². The lowest BCUT2D eigenvalue weighted by atomic mass is 9.70. The third-order valence-electron chi connectivity index (χ3n) is 18.2. The molecule has 4 unspecified atom stereocenters. The molecule has 10 aromatic carbocycles. The average molecular weight is 926 g/mol. The molecular formula is C70H57N2-. The highest BCUT2D eigenvalue weighted by molar-refractivity contribution is 6.31. The average Bonchev–Trinajstić information content (AvgIpc) is 3.81. The zero-order valence-electron chi connectivity index (χ0n) is 41.2. The second-order valence-corrected chi connectivity index (χ2v) is 21.7. The van der Waals surface area contributed by atoms with Crippen molar-refractivity contribution in [3.63, 3.8) is 0 Å². The summed E-state index contributed by atoms with van der Waals surface area (Å²) >= 11 is 0. The van der Waals surface area contributed by atoms with Crippen LogP contribution in [0.3, 0.4) is 0 Å². The van der Waals surface area contributed by atoms with Crippen molar-refractivity contribution in [2.24, 2.45) is 16.8 Å². The number of amidine groups is 1. The molecule has 348 valence electrons. The van der Waals surface area contributed by atoms with Gasteiger partial charge in [-0.1, -0.05) is 220 Å². The molecule has 10 aromatic rings. The first kappa shape index (κ1) is 42.2. The maximum Gasteiger partial charge on any atom is 0.0725 e. The molecule has 0 amide bonds. The summed E-state index contributed by atoms with van der Waals surface area (Å²) in [6, 6.07) is 74.7. The predicted octanol–water partition coefficient (Wildman–Crippen LogP) is 18.0. The third-order valence-corrected chi connectivity index (χ3v) is 18.2. The van der Waals surface area contributed by atoms with Crippen LogP contribution in [-0.2, 0) is 24.7 Å². The third kappa shape index (κ3) is 5.93. The van der Waals surface area contributed by atoms with E-state index >= 15 is 0 Å². The van der Waals surface area contributed by atoms with Crippen LogP contribution < -0.4 is 0 Å². The highest BCUT2D eigenvalue weighted by Gasteiger charge is 2.52. The maximum atomic E-state index is 6.00. The number of benzene rings is 10. The van der Waals surface area contributed by atoms with E-state index < -0.39 is 5.41 Å². The Hall–Kier alpha value is -7.55. The summed E-state index contributed by atoms with van der Waals surface area (Å²) in [7, 11) is 0. The molecule has 0 saturated heterocycles. The number of hydrogen-bond acceptors (Lipinski definition) is 1. The largest absolute Gasteiger partial charge is 0.461 e. The number of aliphatic imine (C=N–C) groups is 1. The summed E-state index contributed by atoms with van der Waals surface area (Å²) in [5, 5.41) is 14.3. The minimum absolute atomic E-state index is 0.0239. The van der Waals surface area contributed by atoms with E-state index in [1.807, 2.05) is 0 Å². The molecule has 0 saturated carbocycles. The van der Waals surface area contributed by atoms with E-state index in [-0.39, 0.29) is 23.9 Å². The summed E-state index contributed by atoms with van der Waals surface area (Å²) in [6.45, 7) is 4.83. The van der Waals surface area contributed by atoms with E-state index in [1.54, 1.807) is 0 Å². The highest BCUT2D eigenvalue weighted by Crippen LogP contribution is 2.65. The van der Waals surface area contributed by atoms with Crippen molar-refractivity contribution >= 4 is 38.2 Å². The van der Waals surface area contributed by atoms with Crippen LogP contribution in [-0.4, -0.2) is 5.84 Å². The lowest BCUT2D eigenvalue weighted by Gasteiger charge is -2.39. The lowest BCUT2D eigenvalue weighted by Crippen LogP contribution is -2.25. The molecule has 5 atom stereocenters. The van der Waals surface area contributed by atoms with Gasteiger partial charge >= 0.3 is 0 Å². The Labute approximate surface area is 423 Å². The highest BCUT2D eigenvalue weighted by atomic mass is 15.1. The van der Waals surface area contributed by atoms with Crippen LogP contribution >= 0.6 is 0 Å². The standard InChI is InChI=1S/C70H57N2/c1-3-43-41-63(45-21-5-4-6-22-45)71-69(72-68(43)48-35-36-50-46(39-48)23-8-7-19-44-20-9-10-25-49(44)50)42(2)58-40-47-24-17-29-53-55-37-38-62-67(66(55)57-31-18-30-54(58)65(57)64(47)53)56-28-13-16-34-61(56)70(62)59-32-14-11-26-51(59)52-27-12-15-33-60(52)70/h4-6,9-18,20-22,24-39,42-43,58,63,68H,3,7-8,19,23,40-41H2,1-2H3/q-1/t42?,43-,58?,63?,68?/m0/s1. The number of nitrogens with zero attached hydrogens (tertiary/aromatic N) is 2. The fourth-order valence-corrected chi connectivity index (χ4v) is 15.0. The van der Waals surface area contributed by atoms with Crippen molar-refractivity contribution in [3.05, 3.63) is 255 Å². The first-order chi connectivity index (χ1) is 35.6. The predicted molar refractivity (Wildman–Crippen MR) is 301 cm³/mol. The van der Waals surface area contributed by atoms with Crippen LogP contribution in [0.2, 0.25) is 0 Å². The van der Waals surface area contributed by atoms with E-state index in [0.717, 1.165) is 37.9 Å². The topological polar surface area (TPSA) is 26.5 Å². The van der Waals surface area contributed by atoms with Gasteiger partial charge in [-0.05, 0) is 190 Å². The summed E-state index contributed by atoms with van der Waals surface area (Å²) in [5.74, 6) is 1.64. The first-order valence-electron chi connectivity index (χ1n) is 26.9. The number of aryl methyl sites for hydroxylation is 2. The van der Waals surface area contributed by atoms with Gasteiger partial charge in [-0.2, -0.15) is 0 Å². The smallest absolute Gasteiger partial charge is 0.0725 e. The van der Waals surface area contributed by atoms with E-state index in [1.165, 1.54) is 134 Å². The Bertz CT molecular complexity index is 3850. The molecule has 1 heterocycles. The number of rotatable bonds is 5. The minimum atomic E-state index is -0.398. The second-order valence-electron chi connectivity index (χ2n) is 21.7. The molecule has 72 heavy (non-hydrogen) atoms. The molecule has 0 aromatic heterocycles. The van der Waals surface area contributed by atoms with Crippen molar-refractivity contribution in [2.75, 3.05) is 0 Å². The lowest BCUT2D eigenvalue weighted by molar-refractivity contribution is 0.396. The molecule has 0 radical (unpaired) electrons. The molecule has 0 fully saturated rings. The molecule has 0 bridgehead atoms. The van der Waals surface area contributed by atoms with Gasteiger partial charge in [0.1, 0.15) is 0 Å². The van der Waals surface area contributed by atoms with E-state index in [2.05, 4.69) is 208 Å². The zero-order chi connectivity index (χ0) is 47.7. The first-order valence-corrected chi connectivity index (χ1v) is 26.9. The SMILES string of the molecule is CC[C@H]1CC(c2ccccc2)N=C(C(C)C2Cc3cccc4c5ccc6c(c5c5cccc2c5c34)-c2ccccc2C62c3ccccc3-c3ccccc32)[N-]C1c1ccc2c(c1)CCCCc1ccccc1-2. The summed E-state index contributed by atoms with van der Waals surface area (Å²) in [5.41, 5.74) is 21.8. The summed E-state index contributed by atoms with van der Waals surface area (Å²) in [4.78, 5) is 5.86. The molecule has 2 heteroatoms. The van der Waals surface area contributed by atoms with Crippen molar-refractivity contribution < 1.29 is 0 Å². The summed E-state index contributed by atoms with van der Waals surface area (Å²) < 4.78 is 0. The van der Waals surface area contributed by atoms with Gasteiger partial charge in [-0.15, -0.1) is 0 Å². The van der Waals surface area contributed by atoms with Crippen molar-refractivity contribution in [3.8, 4) is 33.4 Å². The fourth-order valence-electron chi connectivity index (χ4n) is 15.0. The van der Waals surface area contributed by atoms with Crippen LogP contribution in [0.15, 0.2) is 199 Å². The van der Waals surface area contributed by atoms with Crippen LogP contribution in [0, 0.1) is 11.8 Å². The Morgan fingerprint density at radius 1 is 0.514 bits per heavy atom. The van der Waals surface area contributed by atoms with Gasteiger partial charge in [0.15, 0.2) is 0 Å². The van der Waals surface area contributed by atoms with Crippen LogP contribution in [0.4, 0.5) is 0 Å². The molecule has 15 rings (SSSR count). The van der Waals surface area contributed by atoms with Gasteiger partial charge in [0.2, 0.25) is 0 Å². The quantitative estimate of drug-likeness (QED) is 0.154. The van der Waals surface area contributed by atoms with Gasteiger partial charge in [-0.25, -0.2) is 0 Å². The summed E-state index contributed by atoms with van der Waals surface area (Å²) in [6.07, 6.45) is 7.65. The van der Waals surface area contributed by atoms with Gasteiger partial charge in [0, 0.05) is 0 Å². The monoisotopic (exact) mass is 925 g/mol. The Morgan fingerprint density at radius 2 is 1.14 bits per heavy atom. The molecule has 1 spiro atoms. The van der Waals surface area contributed by atoms with Crippen LogP contribution in [0.1, 0.15) is 113 Å². The van der Waals surface area contributed by atoms with Gasteiger partial charge in [-0.3, -0.25) is 0 Å². The van der Waals surface area contributed by atoms with Gasteiger partial charge < -0.3 is 10.3 Å². The van der Waals surface area contributed by atoms with Crippen molar-refractivity contribution in [2.45, 2.75) is 82.2 Å². The molecule has 1 aliphatic heterocycles. The van der Waals surface area contributed by atoms with Crippen molar-refractivity contribution in [1.29, 1.82) is 0 Å². The number of fused-ring (bicyclic) bond motifs is 17. The maximum absolute atomic E-state index is 6.00. The Balaban J connectivity index is 0.912. The van der Waals surface area contributed by atoms with E-state index in [4.69, 9.17) is 10.3 Å². The molecule has 0 N–H and O–H groups in total. The normalized spacial score (nSPS) is 20.3. The van der Waals surface area contributed by atoms with Crippen LogP contribution in [0.25, 0.3) is 71.0 Å². The van der Waals surface area contributed by atoms with Gasteiger partial charge in [0.05, 0.1) is 5.41 Å². The minimum Gasteiger partial charge on any atom is -0.461 e. The molecule has 2 nitrogen and oxygen atoms in total. The molecule has 5 aliphatic rings. The van der Waals surface area contributed by atoms with E-state index in [9.17, 15) is 0 Å². The Morgan fingerprint density at radius 3 is 1.92 bits per heavy atom. The van der Waals surface area contributed by atoms with Crippen LogP contribution in [0.5, 0.6) is 0 Å². The molecule has 4 aliphatic carbocycles. The van der Waals surface area contributed by atoms with Gasteiger partial charge in [0.25, 0.3) is 0 Å². The second kappa shape index (κ2) is 16.2. The fraction of sp³-hybridized carbons (Fsp3) is 0.214. The Kier molecular flexibility index (Phi) is 9.51. The van der Waals surface area contributed by atoms with E-state index in [0.29, 0.717) is 5.92 Å². The molecular weight excluding hydrogens is 869 g/mol. The number of hydrogen-bond donors (Lipinski definition) is 0.